The molecule has 19 heavy (non-hydrogen) atoms. The molecule has 4 N–H and O–H groups in total. The molecule has 0 aromatic rings. The van der Waals surface area contributed by atoms with Crippen LogP contribution in [0.5, 0.6) is 0 Å². The van der Waals surface area contributed by atoms with Crippen molar-refractivity contribution in [2.24, 2.45) is 16.6 Å². The van der Waals surface area contributed by atoms with Gasteiger partial charge in [0, 0.05) is 13.0 Å². The molecule has 0 radical (unpaired) electrons. The van der Waals surface area contributed by atoms with Crippen LogP contribution in [0.1, 0.15) is 46.0 Å². The Bertz CT molecular complexity index is 384. The summed E-state index contributed by atoms with van der Waals surface area (Å²) in [6, 6.07) is 0. The average Bonchev–Trinajstić information content (AvgIpc) is 2.76. The van der Waals surface area contributed by atoms with Crippen molar-refractivity contribution in [3.8, 4) is 0 Å². The molecule has 6 heteroatoms. The molecule has 0 aliphatic heterocycles. The molecule has 0 unspecified atom stereocenters. The van der Waals surface area contributed by atoms with Crippen molar-refractivity contribution in [3.05, 3.63) is 0 Å². The second-order valence-electron chi connectivity index (χ2n) is 5.99. The van der Waals surface area contributed by atoms with Crippen LogP contribution < -0.4 is 11.1 Å². The van der Waals surface area contributed by atoms with Crippen LogP contribution in [0.3, 0.4) is 0 Å². The minimum absolute atomic E-state index is 0.0306. The van der Waals surface area contributed by atoms with Gasteiger partial charge < -0.3 is 16.2 Å². The molecular formula is C13H22N2O4. The zero-order valence-corrected chi connectivity index (χ0v) is 11.5. The highest BCUT2D eigenvalue weighted by Crippen LogP contribution is 2.41. The maximum Gasteiger partial charge on any atom is 0.310 e. The van der Waals surface area contributed by atoms with Crippen LogP contribution in [0.2, 0.25) is 0 Å². The van der Waals surface area contributed by atoms with Crippen LogP contribution >= 0.6 is 0 Å². The normalized spacial score (nSPS) is 18.0. The molecule has 108 valence electrons. The molecule has 0 aromatic carbocycles. The molecule has 2 amide bonds. The van der Waals surface area contributed by atoms with Crippen molar-refractivity contribution in [1.82, 2.24) is 5.32 Å². The molecule has 0 aromatic heterocycles. The standard InChI is InChI=1S/C13H22N2O4/c1-12(2,10(14)17)8-15-9(16)7-13(11(18)19)5-3-4-6-13/h3-8H2,1-2H3,(H2,14,17)(H,15,16)(H,18,19). The number of carboxylic acids is 1. The third kappa shape index (κ3) is 3.68. The van der Waals surface area contributed by atoms with E-state index in [0.29, 0.717) is 12.8 Å². The zero-order valence-electron chi connectivity index (χ0n) is 11.5. The van der Waals surface area contributed by atoms with Crippen molar-refractivity contribution >= 4 is 17.8 Å². The first-order valence-corrected chi connectivity index (χ1v) is 6.50. The lowest BCUT2D eigenvalue weighted by Gasteiger charge is -2.25. The van der Waals surface area contributed by atoms with E-state index in [4.69, 9.17) is 5.73 Å². The summed E-state index contributed by atoms with van der Waals surface area (Å²) in [5.74, 6) is -1.74. The van der Waals surface area contributed by atoms with Crippen LogP contribution in [-0.2, 0) is 14.4 Å². The van der Waals surface area contributed by atoms with Crippen molar-refractivity contribution < 1.29 is 19.5 Å². The van der Waals surface area contributed by atoms with Gasteiger partial charge in [-0.3, -0.25) is 14.4 Å². The number of carbonyl (C=O) groups excluding carboxylic acids is 2. The van der Waals surface area contributed by atoms with Gasteiger partial charge in [-0.2, -0.15) is 0 Å². The maximum atomic E-state index is 11.9. The van der Waals surface area contributed by atoms with E-state index in [0.717, 1.165) is 12.8 Å². The third-order valence-electron chi connectivity index (χ3n) is 3.91. The van der Waals surface area contributed by atoms with Crippen molar-refractivity contribution in [2.45, 2.75) is 46.0 Å². The molecule has 0 bridgehead atoms. The Morgan fingerprint density at radius 2 is 1.79 bits per heavy atom. The van der Waals surface area contributed by atoms with E-state index in [2.05, 4.69) is 5.32 Å². The molecule has 1 saturated carbocycles. The van der Waals surface area contributed by atoms with Gasteiger partial charge in [0.05, 0.1) is 10.8 Å². The summed E-state index contributed by atoms with van der Waals surface area (Å²) < 4.78 is 0. The lowest BCUT2D eigenvalue weighted by molar-refractivity contribution is -0.151. The minimum Gasteiger partial charge on any atom is -0.481 e. The fourth-order valence-electron chi connectivity index (χ4n) is 2.29. The summed E-state index contributed by atoms with van der Waals surface area (Å²) in [5, 5.41) is 11.9. The molecule has 0 heterocycles. The Hall–Kier alpha value is -1.59. The van der Waals surface area contributed by atoms with E-state index in [9.17, 15) is 19.5 Å². The Balaban J connectivity index is 2.55. The summed E-state index contributed by atoms with van der Waals surface area (Å²) >= 11 is 0. The molecule has 1 aliphatic carbocycles. The minimum atomic E-state index is -0.930. The van der Waals surface area contributed by atoms with Crippen molar-refractivity contribution in [1.29, 1.82) is 0 Å². The number of rotatable bonds is 6. The van der Waals surface area contributed by atoms with Crippen LogP contribution in [0.15, 0.2) is 0 Å². The topological polar surface area (TPSA) is 109 Å². The molecule has 0 atom stereocenters. The van der Waals surface area contributed by atoms with Gasteiger partial charge in [0.1, 0.15) is 0 Å². The highest BCUT2D eigenvalue weighted by atomic mass is 16.4. The van der Waals surface area contributed by atoms with Gasteiger partial charge in [0.2, 0.25) is 11.8 Å². The predicted molar refractivity (Wildman–Crippen MR) is 69.1 cm³/mol. The summed E-state index contributed by atoms with van der Waals surface area (Å²) in [5.41, 5.74) is 3.45. The molecule has 6 nitrogen and oxygen atoms in total. The maximum absolute atomic E-state index is 11.9. The number of carbonyl (C=O) groups is 3. The second kappa shape index (κ2) is 5.59. The Morgan fingerprint density at radius 1 is 1.26 bits per heavy atom. The van der Waals surface area contributed by atoms with Gasteiger partial charge in [-0.15, -0.1) is 0 Å². The monoisotopic (exact) mass is 270 g/mol. The molecule has 1 aliphatic rings. The average molecular weight is 270 g/mol. The number of aliphatic carboxylic acids is 1. The van der Waals surface area contributed by atoms with Crippen LogP contribution in [0, 0.1) is 10.8 Å². The third-order valence-corrected chi connectivity index (χ3v) is 3.91. The zero-order chi connectivity index (χ0) is 14.7. The number of amides is 2. The van der Waals surface area contributed by atoms with E-state index >= 15 is 0 Å². The first-order chi connectivity index (χ1) is 8.69. The first-order valence-electron chi connectivity index (χ1n) is 6.50. The van der Waals surface area contributed by atoms with Gasteiger partial charge in [-0.1, -0.05) is 12.8 Å². The summed E-state index contributed by atoms with van der Waals surface area (Å²) in [4.78, 5) is 34.3. The number of hydrogen-bond donors (Lipinski definition) is 3. The summed E-state index contributed by atoms with van der Waals surface area (Å²) in [6.45, 7) is 3.40. The highest BCUT2D eigenvalue weighted by Gasteiger charge is 2.43. The number of carboxylic acid groups (broad SMARTS) is 1. The summed E-state index contributed by atoms with van der Waals surface area (Å²) in [6.07, 6.45) is 2.72. The van der Waals surface area contributed by atoms with E-state index in [1.54, 1.807) is 13.8 Å². The highest BCUT2D eigenvalue weighted by molar-refractivity contribution is 5.86. The Kier molecular flexibility index (Phi) is 4.55. The number of nitrogens with two attached hydrogens (primary N) is 1. The predicted octanol–water partition coefficient (Wildman–Crippen LogP) is 0.649. The SMILES string of the molecule is CC(C)(CNC(=O)CC1(C(=O)O)CCCC1)C(N)=O. The Morgan fingerprint density at radius 3 is 2.21 bits per heavy atom. The van der Waals surface area contributed by atoms with Gasteiger partial charge in [-0.05, 0) is 26.7 Å². The Labute approximate surface area is 112 Å². The lowest BCUT2D eigenvalue weighted by Crippen LogP contribution is -2.44. The smallest absolute Gasteiger partial charge is 0.310 e. The summed E-state index contributed by atoms with van der Waals surface area (Å²) in [7, 11) is 0. The fourth-order valence-corrected chi connectivity index (χ4v) is 2.29. The van der Waals surface area contributed by atoms with Crippen molar-refractivity contribution in [3.63, 3.8) is 0 Å². The van der Waals surface area contributed by atoms with Gasteiger partial charge >= 0.3 is 5.97 Å². The molecular weight excluding hydrogens is 248 g/mol. The lowest BCUT2D eigenvalue weighted by atomic mass is 9.82. The molecule has 0 saturated heterocycles. The fraction of sp³-hybridized carbons (Fsp3) is 0.769. The van der Waals surface area contributed by atoms with Gasteiger partial charge in [0.25, 0.3) is 0 Å². The largest absolute Gasteiger partial charge is 0.481 e. The van der Waals surface area contributed by atoms with Crippen LogP contribution in [0.25, 0.3) is 0 Å². The number of nitrogens with one attached hydrogen (secondary N) is 1. The quantitative estimate of drug-likeness (QED) is 0.658. The van der Waals surface area contributed by atoms with Crippen molar-refractivity contribution in [2.75, 3.05) is 6.54 Å². The molecule has 1 fully saturated rings. The van der Waals surface area contributed by atoms with Crippen LogP contribution in [-0.4, -0.2) is 29.4 Å². The van der Waals surface area contributed by atoms with E-state index < -0.39 is 22.7 Å². The second-order valence-corrected chi connectivity index (χ2v) is 5.99. The number of hydrogen-bond acceptors (Lipinski definition) is 3. The number of primary amides is 1. The van der Waals surface area contributed by atoms with Gasteiger partial charge in [-0.25, -0.2) is 0 Å². The molecule has 0 spiro atoms. The van der Waals surface area contributed by atoms with E-state index in [1.165, 1.54) is 0 Å². The van der Waals surface area contributed by atoms with E-state index in [1.807, 2.05) is 0 Å². The molecule has 1 rings (SSSR count). The first kappa shape index (κ1) is 15.5. The van der Waals surface area contributed by atoms with E-state index in [-0.39, 0.29) is 18.9 Å². The van der Waals surface area contributed by atoms with Crippen LogP contribution in [0.4, 0.5) is 0 Å². The van der Waals surface area contributed by atoms with Gasteiger partial charge in [0.15, 0.2) is 0 Å².